The standard InChI is InChI=1S/C21H24ClN3O/c1-15(2)12-24(13-17-4-6-18(22)7-5-17)14-19-11-21(26)25-9-8-16(3)10-20(25)23-19/h4-11,15H,12-14H2,1-3H3. The molecule has 0 aliphatic carbocycles. The SMILES string of the molecule is Cc1ccn2c(=O)cc(CN(Cc3ccc(Cl)cc3)CC(C)C)nc2c1. The second-order valence-corrected chi connectivity index (χ2v) is 7.64. The van der Waals surface area contributed by atoms with Crippen molar-refractivity contribution >= 4 is 17.2 Å². The molecule has 0 radical (unpaired) electrons. The number of pyridine rings is 1. The van der Waals surface area contributed by atoms with Gasteiger partial charge in [0.1, 0.15) is 5.65 Å². The first kappa shape index (κ1) is 18.6. The van der Waals surface area contributed by atoms with Gasteiger partial charge in [0.25, 0.3) is 5.56 Å². The van der Waals surface area contributed by atoms with Crippen molar-refractivity contribution in [1.29, 1.82) is 0 Å². The summed E-state index contributed by atoms with van der Waals surface area (Å²) in [6.45, 7) is 8.76. The number of aromatic nitrogens is 2. The van der Waals surface area contributed by atoms with Crippen LogP contribution in [0, 0.1) is 12.8 Å². The van der Waals surface area contributed by atoms with Gasteiger partial charge in [-0.25, -0.2) is 4.98 Å². The Morgan fingerprint density at radius 3 is 2.54 bits per heavy atom. The fourth-order valence-corrected chi connectivity index (χ4v) is 3.24. The number of nitrogens with zero attached hydrogens (tertiary/aromatic N) is 3. The van der Waals surface area contributed by atoms with Crippen molar-refractivity contribution in [2.75, 3.05) is 6.54 Å². The third kappa shape index (κ3) is 4.71. The van der Waals surface area contributed by atoms with E-state index in [1.54, 1.807) is 16.7 Å². The van der Waals surface area contributed by atoms with Gasteiger partial charge < -0.3 is 0 Å². The summed E-state index contributed by atoms with van der Waals surface area (Å²) in [6, 6.07) is 13.4. The predicted octanol–water partition coefficient (Wildman–Crippen LogP) is 4.31. The van der Waals surface area contributed by atoms with Crippen LogP contribution in [-0.4, -0.2) is 20.8 Å². The van der Waals surface area contributed by atoms with Crippen molar-refractivity contribution in [1.82, 2.24) is 14.3 Å². The van der Waals surface area contributed by atoms with E-state index in [4.69, 9.17) is 16.6 Å². The Balaban J connectivity index is 1.87. The van der Waals surface area contributed by atoms with Crippen molar-refractivity contribution in [3.05, 3.63) is 80.9 Å². The summed E-state index contributed by atoms with van der Waals surface area (Å²) >= 11 is 5.99. The molecule has 0 saturated heterocycles. The number of halogens is 1. The van der Waals surface area contributed by atoms with Crippen molar-refractivity contribution in [2.24, 2.45) is 5.92 Å². The summed E-state index contributed by atoms with van der Waals surface area (Å²) in [4.78, 5) is 19.4. The first-order valence-corrected chi connectivity index (χ1v) is 9.24. The van der Waals surface area contributed by atoms with E-state index in [1.165, 1.54) is 5.56 Å². The Bertz CT molecular complexity index is 948. The van der Waals surface area contributed by atoms with E-state index in [0.29, 0.717) is 18.1 Å². The molecule has 0 saturated carbocycles. The molecule has 136 valence electrons. The molecule has 3 aromatic rings. The van der Waals surface area contributed by atoms with Gasteiger partial charge in [-0.1, -0.05) is 37.6 Å². The summed E-state index contributed by atoms with van der Waals surface area (Å²) in [5.41, 5.74) is 3.75. The number of hydrogen-bond donors (Lipinski definition) is 0. The molecule has 0 aliphatic heterocycles. The van der Waals surface area contributed by atoms with E-state index in [9.17, 15) is 4.79 Å². The van der Waals surface area contributed by atoms with Crippen LogP contribution in [0.4, 0.5) is 0 Å². The molecule has 2 heterocycles. The minimum Gasteiger partial charge on any atom is -0.293 e. The molecule has 26 heavy (non-hydrogen) atoms. The number of fused-ring (bicyclic) bond motifs is 1. The molecule has 2 aromatic heterocycles. The van der Waals surface area contributed by atoms with Crippen molar-refractivity contribution < 1.29 is 0 Å². The lowest BCUT2D eigenvalue weighted by Gasteiger charge is -2.24. The molecule has 0 aliphatic rings. The zero-order valence-electron chi connectivity index (χ0n) is 15.4. The van der Waals surface area contributed by atoms with Crippen LogP contribution in [0.5, 0.6) is 0 Å². The molecule has 5 heteroatoms. The lowest BCUT2D eigenvalue weighted by atomic mass is 10.1. The van der Waals surface area contributed by atoms with E-state index in [0.717, 1.165) is 29.4 Å². The molecule has 0 fully saturated rings. The van der Waals surface area contributed by atoms with Crippen LogP contribution in [0.1, 0.15) is 30.7 Å². The second-order valence-electron chi connectivity index (χ2n) is 7.21. The molecule has 3 rings (SSSR count). The quantitative estimate of drug-likeness (QED) is 0.649. The fraction of sp³-hybridized carbons (Fsp3) is 0.333. The normalized spacial score (nSPS) is 11.6. The van der Waals surface area contributed by atoms with E-state index in [-0.39, 0.29) is 5.56 Å². The van der Waals surface area contributed by atoms with Crippen molar-refractivity contribution in [3.63, 3.8) is 0 Å². The molecule has 0 amide bonds. The van der Waals surface area contributed by atoms with Crippen molar-refractivity contribution in [2.45, 2.75) is 33.9 Å². The third-order valence-electron chi connectivity index (χ3n) is 4.20. The van der Waals surface area contributed by atoms with E-state index in [1.807, 2.05) is 43.3 Å². The van der Waals surface area contributed by atoms with Crippen LogP contribution in [0.2, 0.25) is 5.02 Å². The lowest BCUT2D eigenvalue weighted by molar-refractivity contribution is 0.225. The number of benzene rings is 1. The summed E-state index contributed by atoms with van der Waals surface area (Å²) in [6.07, 6.45) is 1.78. The molecule has 0 unspecified atom stereocenters. The van der Waals surface area contributed by atoms with Gasteiger partial charge in [0.05, 0.1) is 5.69 Å². The fourth-order valence-electron chi connectivity index (χ4n) is 3.11. The van der Waals surface area contributed by atoms with Gasteiger partial charge in [-0.15, -0.1) is 0 Å². The van der Waals surface area contributed by atoms with Crippen LogP contribution >= 0.6 is 11.6 Å². The molecule has 0 atom stereocenters. The third-order valence-corrected chi connectivity index (χ3v) is 4.46. The molecule has 0 N–H and O–H groups in total. The Morgan fingerprint density at radius 2 is 1.85 bits per heavy atom. The molecular formula is C21H24ClN3O. The number of hydrogen-bond acceptors (Lipinski definition) is 3. The van der Waals surface area contributed by atoms with Gasteiger partial charge in [0.15, 0.2) is 0 Å². The van der Waals surface area contributed by atoms with Gasteiger partial charge in [0, 0.05) is 36.9 Å². The first-order chi connectivity index (χ1) is 12.4. The zero-order valence-corrected chi connectivity index (χ0v) is 16.2. The van der Waals surface area contributed by atoms with E-state index < -0.39 is 0 Å². The van der Waals surface area contributed by atoms with E-state index >= 15 is 0 Å². The number of aryl methyl sites for hydroxylation is 1. The molecule has 4 nitrogen and oxygen atoms in total. The predicted molar refractivity (Wildman–Crippen MR) is 107 cm³/mol. The summed E-state index contributed by atoms with van der Waals surface area (Å²) in [5.74, 6) is 0.520. The average molecular weight is 370 g/mol. The highest BCUT2D eigenvalue weighted by Gasteiger charge is 2.12. The molecule has 1 aromatic carbocycles. The highest BCUT2D eigenvalue weighted by atomic mass is 35.5. The van der Waals surface area contributed by atoms with Gasteiger partial charge in [-0.3, -0.25) is 14.1 Å². The highest BCUT2D eigenvalue weighted by molar-refractivity contribution is 6.30. The van der Waals surface area contributed by atoms with Crippen LogP contribution < -0.4 is 5.56 Å². The second kappa shape index (κ2) is 8.02. The Labute approximate surface area is 159 Å². The van der Waals surface area contributed by atoms with Gasteiger partial charge >= 0.3 is 0 Å². The molecular weight excluding hydrogens is 346 g/mol. The Kier molecular flexibility index (Phi) is 5.74. The summed E-state index contributed by atoms with van der Waals surface area (Å²) < 4.78 is 1.59. The maximum atomic E-state index is 12.4. The average Bonchev–Trinajstić information content (AvgIpc) is 2.56. The lowest BCUT2D eigenvalue weighted by Crippen LogP contribution is -2.28. The van der Waals surface area contributed by atoms with Gasteiger partial charge in [0.2, 0.25) is 0 Å². The molecule has 0 spiro atoms. The summed E-state index contributed by atoms with van der Waals surface area (Å²) in [5, 5.41) is 0.740. The maximum Gasteiger partial charge on any atom is 0.258 e. The maximum absolute atomic E-state index is 12.4. The minimum atomic E-state index is -0.0408. The van der Waals surface area contributed by atoms with Crippen LogP contribution in [-0.2, 0) is 13.1 Å². The Hall–Kier alpha value is -2.17. The van der Waals surface area contributed by atoms with Gasteiger partial charge in [-0.2, -0.15) is 0 Å². The van der Waals surface area contributed by atoms with Crippen LogP contribution in [0.25, 0.3) is 5.65 Å². The topological polar surface area (TPSA) is 37.6 Å². The summed E-state index contributed by atoms with van der Waals surface area (Å²) in [7, 11) is 0. The van der Waals surface area contributed by atoms with Gasteiger partial charge in [-0.05, 0) is 48.2 Å². The van der Waals surface area contributed by atoms with Crippen LogP contribution in [0.3, 0.4) is 0 Å². The first-order valence-electron chi connectivity index (χ1n) is 8.86. The zero-order chi connectivity index (χ0) is 18.7. The van der Waals surface area contributed by atoms with Crippen LogP contribution in [0.15, 0.2) is 53.5 Å². The van der Waals surface area contributed by atoms with Crippen molar-refractivity contribution in [3.8, 4) is 0 Å². The number of rotatable bonds is 6. The largest absolute Gasteiger partial charge is 0.293 e. The minimum absolute atomic E-state index is 0.0408. The smallest absolute Gasteiger partial charge is 0.258 e. The van der Waals surface area contributed by atoms with E-state index in [2.05, 4.69) is 18.7 Å². The highest BCUT2D eigenvalue weighted by Crippen LogP contribution is 2.14. The monoisotopic (exact) mass is 369 g/mol. The Morgan fingerprint density at radius 1 is 1.12 bits per heavy atom. The molecule has 0 bridgehead atoms.